The summed E-state index contributed by atoms with van der Waals surface area (Å²) in [7, 11) is 0. The summed E-state index contributed by atoms with van der Waals surface area (Å²) in [6.45, 7) is 1.48. The first-order chi connectivity index (χ1) is 7.99. The maximum atomic E-state index is 13.5. The zero-order valence-corrected chi connectivity index (χ0v) is 9.34. The highest BCUT2D eigenvalue weighted by molar-refractivity contribution is 5.73. The van der Waals surface area contributed by atoms with E-state index in [4.69, 9.17) is 5.11 Å². The molecule has 2 unspecified atom stereocenters. The predicted octanol–water partition coefficient (Wildman–Crippen LogP) is 2.55. The molecule has 0 saturated heterocycles. The second-order valence-corrected chi connectivity index (χ2v) is 4.35. The number of carboxylic acids is 1. The van der Waals surface area contributed by atoms with Crippen LogP contribution in [-0.2, 0) is 4.79 Å². The van der Waals surface area contributed by atoms with Crippen LogP contribution in [0.2, 0.25) is 0 Å². The fraction of sp³-hybridized carbons (Fsp3) is 0.417. The van der Waals surface area contributed by atoms with Crippen LogP contribution in [-0.4, -0.2) is 17.1 Å². The van der Waals surface area contributed by atoms with Crippen LogP contribution < -0.4 is 5.32 Å². The van der Waals surface area contributed by atoms with E-state index in [1.807, 2.05) is 0 Å². The Balaban J connectivity index is 2.14. The smallest absolute Gasteiger partial charge is 0.308 e. The molecule has 1 aromatic carbocycles. The number of anilines is 1. The molecule has 0 aromatic heterocycles. The van der Waals surface area contributed by atoms with Gasteiger partial charge in [-0.3, -0.25) is 4.79 Å². The first-order valence-electron chi connectivity index (χ1n) is 5.44. The van der Waals surface area contributed by atoms with Gasteiger partial charge in [0.15, 0.2) is 0 Å². The number of benzene rings is 1. The van der Waals surface area contributed by atoms with Crippen LogP contribution in [0.3, 0.4) is 0 Å². The van der Waals surface area contributed by atoms with Crippen LogP contribution in [0.5, 0.6) is 0 Å². The number of carbonyl (C=O) groups is 1. The molecule has 17 heavy (non-hydrogen) atoms. The van der Waals surface area contributed by atoms with E-state index in [0.717, 1.165) is 12.1 Å². The second kappa shape index (κ2) is 4.31. The number of hydrogen-bond acceptors (Lipinski definition) is 2. The molecule has 0 amide bonds. The molecule has 2 rings (SSSR count). The van der Waals surface area contributed by atoms with E-state index < -0.39 is 23.5 Å². The lowest BCUT2D eigenvalue weighted by Gasteiger charge is -2.34. The molecule has 0 spiro atoms. The lowest BCUT2D eigenvalue weighted by atomic mass is 9.79. The molecule has 3 nitrogen and oxygen atoms in total. The van der Waals surface area contributed by atoms with Crippen molar-refractivity contribution >= 4 is 11.7 Å². The van der Waals surface area contributed by atoms with Crippen molar-refractivity contribution in [3.8, 4) is 0 Å². The Morgan fingerprint density at radius 2 is 2.06 bits per heavy atom. The fourth-order valence-corrected chi connectivity index (χ4v) is 1.92. The van der Waals surface area contributed by atoms with E-state index in [0.29, 0.717) is 12.8 Å². The topological polar surface area (TPSA) is 49.3 Å². The van der Waals surface area contributed by atoms with Crippen LogP contribution >= 0.6 is 0 Å². The molecule has 1 aromatic rings. The van der Waals surface area contributed by atoms with E-state index in [1.54, 1.807) is 0 Å². The summed E-state index contributed by atoms with van der Waals surface area (Å²) in [6.07, 6.45) is 1.23. The zero-order chi connectivity index (χ0) is 12.6. The van der Waals surface area contributed by atoms with E-state index in [1.165, 1.54) is 6.92 Å². The molecule has 1 fully saturated rings. The summed E-state index contributed by atoms with van der Waals surface area (Å²) < 4.78 is 26.8. The monoisotopic (exact) mass is 241 g/mol. The number of rotatable bonds is 3. The van der Waals surface area contributed by atoms with Crippen LogP contribution in [0, 0.1) is 24.5 Å². The number of halogens is 2. The van der Waals surface area contributed by atoms with Gasteiger partial charge in [0, 0.05) is 12.1 Å². The van der Waals surface area contributed by atoms with E-state index in [-0.39, 0.29) is 17.3 Å². The van der Waals surface area contributed by atoms with Crippen molar-refractivity contribution < 1.29 is 18.7 Å². The van der Waals surface area contributed by atoms with E-state index >= 15 is 0 Å². The van der Waals surface area contributed by atoms with Gasteiger partial charge >= 0.3 is 5.97 Å². The molecule has 0 bridgehead atoms. The minimum atomic E-state index is -0.901. The zero-order valence-electron chi connectivity index (χ0n) is 9.34. The minimum Gasteiger partial charge on any atom is -0.481 e. The predicted molar refractivity (Wildman–Crippen MR) is 58.9 cm³/mol. The van der Waals surface area contributed by atoms with Gasteiger partial charge in [-0.2, -0.15) is 0 Å². The summed E-state index contributed by atoms with van der Waals surface area (Å²) in [5.74, 6) is -2.47. The van der Waals surface area contributed by atoms with Crippen LogP contribution in [0.4, 0.5) is 14.5 Å². The van der Waals surface area contributed by atoms with Crippen LogP contribution in [0.1, 0.15) is 18.4 Å². The first-order valence-corrected chi connectivity index (χ1v) is 5.44. The fourth-order valence-electron chi connectivity index (χ4n) is 1.92. The average Bonchev–Trinajstić information content (AvgIpc) is 2.18. The summed E-state index contributed by atoms with van der Waals surface area (Å²) in [5, 5.41) is 11.6. The van der Waals surface area contributed by atoms with Crippen molar-refractivity contribution in [1.29, 1.82) is 0 Å². The number of nitrogens with one attached hydrogen (secondary N) is 1. The first kappa shape index (κ1) is 11.8. The summed E-state index contributed by atoms with van der Waals surface area (Å²) in [5.41, 5.74) is 0.264. The van der Waals surface area contributed by atoms with Crippen molar-refractivity contribution in [2.45, 2.75) is 25.8 Å². The van der Waals surface area contributed by atoms with Gasteiger partial charge < -0.3 is 10.4 Å². The lowest BCUT2D eigenvalue weighted by Crippen LogP contribution is -2.43. The largest absolute Gasteiger partial charge is 0.481 e. The highest BCUT2D eigenvalue weighted by Crippen LogP contribution is 2.31. The Bertz CT molecular complexity index is 462. The molecular weight excluding hydrogens is 228 g/mol. The number of aryl methyl sites for hydroxylation is 1. The number of aliphatic carboxylic acids is 1. The number of hydrogen-bond donors (Lipinski definition) is 2. The maximum absolute atomic E-state index is 13.5. The van der Waals surface area contributed by atoms with Crippen LogP contribution in [0.15, 0.2) is 12.1 Å². The normalized spacial score (nSPS) is 23.0. The van der Waals surface area contributed by atoms with Gasteiger partial charge in [-0.15, -0.1) is 0 Å². The van der Waals surface area contributed by atoms with Crippen molar-refractivity contribution in [3.05, 3.63) is 29.3 Å². The van der Waals surface area contributed by atoms with Gasteiger partial charge in [-0.05, 0) is 31.4 Å². The molecule has 2 atom stereocenters. The molecule has 0 radical (unpaired) electrons. The van der Waals surface area contributed by atoms with E-state index in [9.17, 15) is 13.6 Å². The quantitative estimate of drug-likeness (QED) is 0.855. The minimum absolute atomic E-state index is 0.0315. The Morgan fingerprint density at radius 1 is 1.35 bits per heavy atom. The van der Waals surface area contributed by atoms with Gasteiger partial charge in [-0.1, -0.05) is 0 Å². The second-order valence-electron chi connectivity index (χ2n) is 4.35. The Hall–Kier alpha value is -1.65. The third kappa shape index (κ3) is 2.23. The summed E-state index contributed by atoms with van der Waals surface area (Å²) >= 11 is 0. The average molecular weight is 241 g/mol. The Morgan fingerprint density at radius 3 is 2.59 bits per heavy atom. The Labute approximate surface area is 97.5 Å². The van der Waals surface area contributed by atoms with Gasteiger partial charge in [0.2, 0.25) is 0 Å². The van der Waals surface area contributed by atoms with Crippen molar-refractivity contribution in [2.24, 2.45) is 5.92 Å². The van der Waals surface area contributed by atoms with E-state index in [2.05, 4.69) is 5.32 Å². The highest BCUT2D eigenvalue weighted by atomic mass is 19.1. The standard InChI is InChI=1S/C12H13F2NO2/c1-6-4-9(14)11(5-8(6)13)15-10-3-2-7(10)12(16)17/h4-5,7,10,15H,2-3H2,1H3,(H,16,17). The van der Waals surface area contributed by atoms with Gasteiger partial charge in [0.25, 0.3) is 0 Å². The molecule has 5 heteroatoms. The number of carboxylic acid groups (broad SMARTS) is 1. The van der Waals surface area contributed by atoms with Gasteiger partial charge in [-0.25, -0.2) is 8.78 Å². The molecule has 92 valence electrons. The third-order valence-corrected chi connectivity index (χ3v) is 3.18. The van der Waals surface area contributed by atoms with Gasteiger partial charge in [0.05, 0.1) is 11.6 Å². The van der Waals surface area contributed by atoms with Crippen molar-refractivity contribution in [2.75, 3.05) is 5.32 Å². The third-order valence-electron chi connectivity index (χ3n) is 3.18. The molecule has 0 aliphatic heterocycles. The summed E-state index contributed by atoms with van der Waals surface area (Å²) in [4.78, 5) is 10.8. The Kier molecular flexibility index (Phi) is 3.00. The molecule has 2 N–H and O–H groups in total. The SMILES string of the molecule is Cc1cc(F)c(NC2CCC2C(=O)O)cc1F. The van der Waals surface area contributed by atoms with Crippen LogP contribution in [0.25, 0.3) is 0 Å². The highest BCUT2D eigenvalue weighted by Gasteiger charge is 2.36. The molecular formula is C12H13F2NO2. The molecule has 0 heterocycles. The van der Waals surface area contributed by atoms with Gasteiger partial charge in [0.1, 0.15) is 11.6 Å². The maximum Gasteiger partial charge on any atom is 0.308 e. The van der Waals surface area contributed by atoms with Crippen molar-refractivity contribution in [1.82, 2.24) is 0 Å². The lowest BCUT2D eigenvalue weighted by molar-refractivity contribution is -0.144. The summed E-state index contributed by atoms with van der Waals surface area (Å²) in [6, 6.07) is 1.86. The molecule has 1 aliphatic carbocycles. The molecule has 1 saturated carbocycles. The molecule has 1 aliphatic rings. The van der Waals surface area contributed by atoms with Crippen molar-refractivity contribution in [3.63, 3.8) is 0 Å².